The summed E-state index contributed by atoms with van der Waals surface area (Å²) in [6, 6.07) is 64.0. The molecule has 2 heterocycles. The lowest BCUT2D eigenvalue weighted by Crippen LogP contribution is -2.02. The summed E-state index contributed by atoms with van der Waals surface area (Å²) in [4.78, 5) is 10.5. The third-order valence-electron chi connectivity index (χ3n) is 13.4. The number of aromatic hydroxyl groups is 1. The van der Waals surface area contributed by atoms with Gasteiger partial charge >= 0.3 is 0 Å². The molecule has 0 aliphatic carbocycles. The van der Waals surface area contributed by atoms with Crippen LogP contribution in [0, 0.1) is 0 Å². The number of imidazole rings is 1. The number of rotatable bonds is 12. The normalized spacial score (nSPS) is 13.1. The minimum Gasteiger partial charge on any atom is -0.507 e. The topological polar surface area (TPSA) is 50.9 Å². The van der Waals surface area contributed by atoms with E-state index in [1.807, 2.05) is 139 Å². The van der Waals surface area contributed by atoms with Gasteiger partial charge in [-0.15, -0.1) is 0 Å². The van der Waals surface area contributed by atoms with Crippen LogP contribution in [-0.2, 0) is 0 Å². The van der Waals surface area contributed by atoms with E-state index in [2.05, 4.69) is 95.6 Å². The number of para-hydroxylation sites is 1. The lowest BCUT2D eigenvalue weighted by atomic mass is 9.85. The Morgan fingerprint density at radius 1 is 0.429 bits per heavy atom. The second-order valence-corrected chi connectivity index (χ2v) is 19.2. The zero-order chi connectivity index (χ0) is 52.3. The molecule has 0 fully saturated rings. The Kier molecular flexibility index (Phi) is 11.3. The van der Waals surface area contributed by atoms with E-state index in [9.17, 15) is 7.85 Å². The van der Waals surface area contributed by atoms with Gasteiger partial charge in [0.1, 0.15) is 11.6 Å². The average Bonchev–Trinajstić information content (AvgIpc) is 3.77. The van der Waals surface area contributed by atoms with Crippen molar-refractivity contribution in [2.24, 2.45) is 0 Å². The van der Waals surface area contributed by atoms with Crippen LogP contribution in [0.25, 0.3) is 95.0 Å². The highest BCUT2D eigenvalue weighted by Gasteiger charge is 2.25. The zero-order valence-corrected chi connectivity index (χ0v) is 41.3. The van der Waals surface area contributed by atoms with Crippen LogP contribution >= 0.6 is 0 Å². The summed E-state index contributed by atoms with van der Waals surface area (Å²) in [5.74, 6) is -3.71. The number of phenols is 1. The summed E-state index contributed by atoms with van der Waals surface area (Å²) in [6.45, 7) is 14.6. The fourth-order valence-corrected chi connectivity index (χ4v) is 9.70. The molecule has 10 rings (SSSR count). The number of fused-ring (bicyclic) bond motifs is 1. The third kappa shape index (κ3) is 8.87. The van der Waals surface area contributed by atoms with Crippen molar-refractivity contribution < 1.29 is 10.6 Å². The van der Waals surface area contributed by atoms with Crippen molar-refractivity contribution in [3.05, 3.63) is 217 Å². The van der Waals surface area contributed by atoms with Gasteiger partial charge in [0, 0.05) is 28.5 Å². The molecule has 4 heteroatoms. The predicted octanol–water partition coefficient (Wildman–Crippen LogP) is 18.3. The quantitative estimate of drug-likeness (QED) is 0.133. The van der Waals surface area contributed by atoms with Gasteiger partial charge in [-0.3, -0.25) is 9.55 Å². The number of hydrogen-bond acceptors (Lipinski definition) is 3. The Labute approximate surface area is 419 Å². The highest BCUT2D eigenvalue weighted by molar-refractivity contribution is 5.98. The Bertz CT molecular complexity index is 3660. The van der Waals surface area contributed by atoms with Gasteiger partial charge in [0.05, 0.1) is 22.3 Å². The molecule has 0 spiro atoms. The highest BCUT2D eigenvalue weighted by atomic mass is 16.3. The molecule has 346 valence electrons. The number of pyridine rings is 1. The number of aromatic nitrogens is 3. The summed E-state index contributed by atoms with van der Waals surface area (Å²) < 4.78 is 38.7. The maximum Gasteiger partial charge on any atom is 0.149 e. The van der Waals surface area contributed by atoms with Crippen molar-refractivity contribution in [2.45, 2.75) is 79.0 Å². The molecule has 8 aromatic carbocycles. The number of hydrogen-bond donors (Lipinski definition) is 1. The van der Waals surface area contributed by atoms with E-state index >= 15 is 0 Å². The smallest absolute Gasteiger partial charge is 0.149 e. The monoisotopic (exact) mass is 916 g/mol. The Morgan fingerprint density at radius 2 is 0.971 bits per heavy atom. The fourth-order valence-electron chi connectivity index (χ4n) is 9.70. The maximum atomic E-state index is 12.4. The minimum absolute atomic E-state index is 0.0596. The Hall–Kier alpha value is -7.82. The molecule has 0 atom stereocenters. The van der Waals surface area contributed by atoms with Gasteiger partial charge in [0.15, 0.2) is 0 Å². The van der Waals surface area contributed by atoms with E-state index in [1.165, 1.54) is 5.56 Å². The molecule has 0 aliphatic rings. The molecule has 4 nitrogen and oxygen atoms in total. The van der Waals surface area contributed by atoms with Gasteiger partial charge in [0.25, 0.3) is 0 Å². The zero-order valence-electron chi connectivity index (χ0n) is 45.3. The molecule has 0 unspecified atom stereocenters. The number of benzene rings is 8. The molecule has 2 aromatic heterocycles. The highest BCUT2D eigenvalue weighted by Crippen LogP contribution is 2.44. The van der Waals surface area contributed by atoms with Crippen LogP contribution < -0.4 is 0 Å². The van der Waals surface area contributed by atoms with Crippen LogP contribution in [0.2, 0.25) is 0 Å². The first-order valence-corrected chi connectivity index (χ1v) is 24.1. The van der Waals surface area contributed by atoms with E-state index < -0.39 is 23.6 Å². The molecule has 0 amide bonds. The largest absolute Gasteiger partial charge is 0.507 e. The fraction of sp³-hybridized carbons (Fsp3) is 0.182. The number of nitrogens with zero attached hydrogens (tertiary/aromatic N) is 3. The number of phenolic OH excluding ortho intramolecular Hbond substituents is 1. The van der Waals surface area contributed by atoms with Crippen LogP contribution in [0.4, 0.5) is 0 Å². The maximum absolute atomic E-state index is 12.4. The van der Waals surface area contributed by atoms with Crippen molar-refractivity contribution in [1.29, 1.82) is 0 Å². The molecule has 0 bridgehead atoms. The third-order valence-corrected chi connectivity index (χ3v) is 13.4. The van der Waals surface area contributed by atoms with Gasteiger partial charge in [0.2, 0.25) is 0 Å². The van der Waals surface area contributed by atoms with Crippen molar-refractivity contribution in [3.63, 3.8) is 0 Å². The standard InChI is InChI=1S/C66H61N3O/c1-41(2)51-38-59(44(7)8)65(70)60(39-51)66-68-64-58(23-16-24-62(64)69(66)55-31-29-49(30-32-55)63-56(42(3)4)21-15-22-57(63)43(5)6)53-35-52(46-19-13-10-14-20-46)36-54(37-53)61-40-50(33-34-67-61)48-27-25-47(26-28-48)45-17-11-9-12-18-45/h9-44,70H,1-8H3/i41D,42D,43D,44D. The van der Waals surface area contributed by atoms with Crippen LogP contribution in [0.15, 0.2) is 194 Å². The molecule has 1 N–H and O–H groups in total. The van der Waals surface area contributed by atoms with Gasteiger partial charge in [-0.1, -0.05) is 189 Å². The summed E-state index contributed by atoms with van der Waals surface area (Å²) in [7, 11) is 0. The van der Waals surface area contributed by atoms with Gasteiger partial charge in [-0.2, -0.15) is 0 Å². The second-order valence-electron chi connectivity index (χ2n) is 19.2. The first kappa shape index (κ1) is 41.2. The van der Waals surface area contributed by atoms with Crippen molar-refractivity contribution in [1.82, 2.24) is 14.5 Å². The molecule has 0 aliphatic heterocycles. The Balaban J connectivity index is 1.19. The molecule has 70 heavy (non-hydrogen) atoms. The SMILES string of the molecule is [2H]C(C)(C)c1cc(-c2nc3c(-c4cc(-c5ccccc5)cc(-c5cc(-c6ccc(-c7ccccc7)cc6)ccn5)c4)cccc3n2-c2ccc(-c3c(C([2H])(C)C)cccc3C([2H])(C)C)cc2)c(O)c(C([2H])(C)C)c1. The summed E-state index contributed by atoms with van der Waals surface area (Å²) in [5.41, 5.74) is 17.3. The lowest BCUT2D eigenvalue weighted by Gasteiger charge is -2.21. The van der Waals surface area contributed by atoms with Crippen LogP contribution in [-0.4, -0.2) is 19.6 Å². The van der Waals surface area contributed by atoms with E-state index in [4.69, 9.17) is 12.7 Å². The van der Waals surface area contributed by atoms with Crippen molar-refractivity contribution in [3.8, 4) is 89.7 Å². The predicted molar refractivity (Wildman–Crippen MR) is 295 cm³/mol. The van der Waals surface area contributed by atoms with Crippen LogP contribution in [0.1, 0.15) is 107 Å². The summed E-state index contributed by atoms with van der Waals surface area (Å²) in [6.07, 6.45) is 1.87. The van der Waals surface area contributed by atoms with Crippen LogP contribution in [0.5, 0.6) is 5.75 Å². The minimum atomic E-state index is -1.20. The molecule has 0 radical (unpaired) electrons. The summed E-state index contributed by atoms with van der Waals surface area (Å²) in [5, 5.41) is 12.4. The molecule has 0 saturated heterocycles. The van der Waals surface area contributed by atoms with Crippen molar-refractivity contribution >= 4 is 11.0 Å². The average molecular weight is 916 g/mol. The molecule has 0 saturated carbocycles. The van der Waals surface area contributed by atoms with E-state index in [0.29, 0.717) is 28.0 Å². The van der Waals surface area contributed by atoms with Crippen LogP contribution in [0.3, 0.4) is 0 Å². The van der Waals surface area contributed by atoms with Crippen molar-refractivity contribution in [2.75, 3.05) is 0 Å². The lowest BCUT2D eigenvalue weighted by molar-refractivity contribution is 0.466. The first-order valence-electron chi connectivity index (χ1n) is 26.1. The van der Waals surface area contributed by atoms with Gasteiger partial charge in [-0.05, 0) is 150 Å². The van der Waals surface area contributed by atoms with E-state index in [1.54, 1.807) is 19.9 Å². The Morgan fingerprint density at radius 3 is 1.59 bits per heavy atom. The van der Waals surface area contributed by atoms with Gasteiger partial charge in [-0.25, -0.2) is 4.98 Å². The summed E-state index contributed by atoms with van der Waals surface area (Å²) >= 11 is 0. The van der Waals surface area contributed by atoms with E-state index in [-0.39, 0.29) is 5.75 Å². The second kappa shape index (κ2) is 19.3. The van der Waals surface area contributed by atoms with E-state index in [0.717, 1.165) is 83.7 Å². The van der Waals surface area contributed by atoms with Gasteiger partial charge < -0.3 is 5.11 Å². The molecular formula is C66H61N3O. The molecular weight excluding hydrogens is 851 g/mol. The molecule has 10 aromatic rings. The first-order chi connectivity index (χ1) is 35.1.